The van der Waals surface area contributed by atoms with E-state index in [1.165, 1.54) is 11.0 Å². The van der Waals surface area contributed by atoms with Gasteiger partial charge < -0.3 is 15.0 Å². The van der Waals surface area contributed by atoms with E-state index in [2.05, 4.69) is 10.3 Å². The number of hydrogen-bond acceptors (Lipinski definition) is 4. The van der Waals surface area contributed by atoms with Crippen LogP contribution >= 0.6 is 12.2 Å². The third-order valence-electron chi connectivity index (χ3n) is 5.24. The van der Waals surface area contributed by atoms with Gasteiger partial charge in [-0.15, -0.1) is 0 Å². The summed E-state index contributed by atoms with van der Waals surface area (Å²) in [7, 11) is 3.33. The van der Waals surface area contributed by atoms with E-state index in [4.69, 9.17) is 17.0 Å². The molecule has 1 aliphatic rings. The molecule has 134 valence electrons. The monoisotopic (exact) mass is 361 g/mol. The van der Waals surface area contributed by atoms with E-state index < -0.39 is 0 Å². The lowest BCUT2D eigenvalue weighted by molar-refractivity contribution is 0.0631. The lowest BCUT2D eigenvalue weighted by Crippen LogP contribution is -2.42. The molecule has 0 aliphatic heterocycles. The minimum atomic E-state index is -0.168. The molecule has 7 heteroatoms. The lowest BCUT2D eigenvalue weighted by Gasteiger charge is -2.42. The van der Waals surface area contributed by atoms with Crippen molar-refractivity contribution in [2.24, 2.45) is 12.5 Å². The van der Waals surface area contributed by atoms with E-state index >= 15 is 0 Å². The molecule has 0 radical (unpaired) electrons. The van der Waals surface area contributed by atoms with Crippen LogP contribution in [0.15, 0.2) is 23.0 Å². The molecule has 6 nitrogen and oxygen atoms in total. The fourth-order valence-corrected chi connectivity index (χ4v) is 3.52. The lowest BCUT2D eigenvalue weighted by atomic mass is 9.66. The number of ether oxygens (including phenoxy) is 1. The molecule has 1 aromatic carbocycles. The van der Waals surface area contributed by atoms with Crippen molar-refractivity contribution in [2.75, 3.05) is 20.3 Å². The second kappa shape index (κ2) is 7.09. The zero-order valence-corrected chi connectivity index (χ0v) is 15.4. The Labute approximate surface area is 151 Å². The highest BCUT2D eigenvalue weighted by atomic mass is 32.1. The summed E-state index contributed by atoms with van der Waals surface area (Å²) >= 11 is 5.14. The van der Waals surface area contributed by atoms with Crippen LogP contribution in [0.25, 0.3) is 10.9 Å². The summed E-state index contributed by atoms with van der Waals surface area (Å²) in [5, 5.41) is 3.56. The van der Waals surface area contributed by atoms with Crippen LogP contribution in [0.1, 0.15) is 36.0 Å². The smallest absolute Gasteiger partial charge is 0.261 e. The third kappa shape index (κ3) is 3.52. The van der Waals surface area contributed by atoms with E-state index in [0.29, 0.717) is 34.4 Å². The molecule has 0 unspecified atom stereocenters. The van der Waals surface area contributed by atoms with Gasteiger partial charge in [0, 0.05) is 32.9 Å². The number of rotatable bonds is 6. The van der Waals surface area contributed by atoms with Crippen molar-refractivity contribution in [3.8, 4) is 0 Å². The summed E-state index contributed by atoms with van der Waals surface area (Å²) in [4.78, 5) is 27.7. The van der Waals surface area contributed by atoms with Crippen LogP contribution in [0.3, 0.4) is 0 Å². The molecule has 0 spiro atoms. The number of nitrogens with one attached hydrogen (secondary N) is 2. The van der Waals surface area contributed by atoms with Gasteiger partial charge in [0.2, 0.25) is 0 Å². The van der Waals surface area contributed by atoms with Gasteiger partial charge >= 0.3 is 0 Å². The quantitative estimate of drug-likeness (QED) is 0.775. The first-order chi connectivity index (χ1) is 12.0. The third-order valence-corrected chi connectivity index (χ3v) is 5.61. The molecule has 0 atom stereocenters. The molecule has 2 N–H and O–H groups in total. The molecular weight excluding hydrogens is 338 g/mol. The summed E-state index contributed by atoms with van der Waals surface area (Å²) in [6.45, 7) is 1.37. The topological polar surface area (TPSA) is 76.1 Å². The number of benzene rings is 1. The zero-order chi connectivity index (χ0) is 18.0. The van der Waals surface area contributed by atoms with Crippen LogP contribution in [0.2, 0.25) is 0 Å². The van der Waals surface area contributed by atoms with Crippen molar-refractivity contribution in [2.45, 2.75) is 25.7 Å². The molecule has 0 saturated heterocycles. The predicted molar refractivity (Wildman–Crippen MR) is 99.5 cm³/mol. The van der Waals surface area contributed by atoms with Gasteiger partial charge in [0.15, 0.2) is 4.77 Å². The number of aromatic nitrogens is 2. The first-order valence-corrected chi connectivity index (χ1v) is 8.87. The average Bonchev–Trinajstić information content (AvgIpc) is 2.58. The maximum atomic E-state index is 12.5. The Kier molecular flexibility index (Phi) is 5.06. The minimum absolute atomic E-state index is 0.134. The second-order valence-corrected chi connectivity index (χ2v) is 7.22. The number of H-pyrrole nitrogens is 1. The van der Waals surface area contributed by atoms with Gasteiger partial charge in [0.05, 0.1) is 10.9 Å². The number of nitrogens with zero attached hydrogens (tertiary/aromatic N) is 1. The minimum Gasteiger partial charge on any atom is -0.385 e. The Hall–Kier alpha value is -1.99. The van der Waals surface area contributed by atoms with E-state index in [9.17, 15) is 9.59 Å². The summed E-state index contributed by atoms with van der Waals surface area (Å²) in [5.74, 6) is -0.134. The first kappa shape index (κ1) is 17.8. The van der Waals surface area contributed by atoms with Gasteiger partial charge in [0.25, 0.3) is 11.5 Å². The Morgan fingerprint density at radius 3 is 2.84 bits per heavy atom. The van der Waals surface area contributed by atoms with E-state index in [1.54, 1.807) is 32.4 Å². The Bertz CT molecular complexity index is 912. The number of aromatic amines is 1. The van der Waals surface area contributed by atoms with Crippen molar-refractivity contribution < 1.29 is 9.53 Å². The van der Waals surface area contributed by atoms with Crippen molar-refractivity contribution in [3.05, 3.63) is 38.9 Å². The van der Waals surface area contributed by atoms with Gasteiger partial charge in [-0.3, -0.25) is 14.2 Å². The molecule has 0 bridgehead atoms. The first-order valence-electron chi connectivity index (χ1n) is 8.46. The maximum Gasteiger partial charge on any atom is 0.261 e. The Morgan fingerprint density at radius 1 is 1.44 bits per heavy atom. The van der Waals surface area contributed by atoms with Crippen molar-refractivity contribution in [1.82, 2.24) is 14.9 Å². The summed E-state index contributed by atoms with van der Waals surface area (Å²) in [6.07, 6.45) is 4.41. The number of amides is 1. The number of carbonyl (C=O) groups excluding carboxylic acids is 1. The van der Waals surface area contributed by atoms with Gasteiger partial charge in [-0.05, 0) is 55.1 Å². The van der Waals surface area contributed by atoms with Crippen molar-refractivity contribution in [3.63, 3.8) is 0 Å². The van der Waals surface area contributed by atoms with Crippen LogP contribution < -0.4 is 10.9 Å². The molecule has 1 amide bonds. The maximum absolute atomic E-state index is 12.5. The molecule has 1 aliphatic carbocycles. The van der Waals surface area contributed by atoms with Crippen LogP contribution in [0.5, 0.6) is 0 Å². The molecule has 1 heterocycles. The number of fused-ring (bicyclic) bond motifs is 1. The Balaban J connectivity index is 1.77. The van der Waals surface area contributed by atoms with Gasteiger partial charge in [-0.2, -0.15) is 0 Å². The van der Waals surface area contributed by atoms with Crippen LogP contribution in [0, 0.1) is 10.2 Å². The normalized spacial score (nSPS) is 15.8. The molecular formula is C18H23N3O3S. The average molecular weight is 361 g/mol. The fraction of sp³-hybridized carbons (Fsp3) is 0.500. The highest BCUT2D eigenvalue weighted by molar-refractivity contribution is 7.71. The highest BCUT2D eigenvalue weighted by Crippen LogP contribution is 2.43. The van der Waals surface area contributed by atoms with Crippen LogP contribution in [0.4, 0.5) is 0 Å². The molecule has 25 heavy (non-hydrogen) atoms. The predicted octanol–water partition coefficient (Wildman–Crippen LogP) is 2.53. The standard InChI is InChI=1S/C18H23N3O3S/c1-21-16(23)13-5-4-12(10-14(13)20-17(21)25)15(22)19-11-18(6-3-7-18)8-9-24-2/h4-5,10H,3,6-9,11H2,1-2H3,(H,19,22)(H,20,25). The molecule has 2 aromatic rings. The SMILES string of the molecule is COCCC1(CNC(=O)c2ccc3c(=O)n(C)c(=S)[nH]c3c2)CCC1. The van der Waals surface area contributed by atoms with Gasteiger partial charge in [-0.25, -0.2) is 0 Å². The van der Waals surface area contributed by atoms with Crippen LogP contribution in [-0.4, -0.2) is 35.7 Å². The second-order valence-electron chi connectivity index (χ2n) is 6.83. The number of carbonyl (C=O) groups is 1. The summed E-state index contributed by atoms with van der Waals surface area (Å²) in [5.41, 5.74) is 1.10. The number of methoxy groups -OCH3 is 1. The van der Waals surface area contributed by atoms with Crippen molar-refractivity contribution in [1.29, 1.82) is 0 Å². The molecule has 3 rings (SSSR count). The zero-order valence-electron chi connectivity index (χ0n) is 14.6. The Morgan fingerprint density at radius 2 is 2.20 bits per heavy atom. The summed E-state index contributed by atoms with van der Waals surface area (Å²) in [6, 6.07) is 5.03. The van der Waals surface area contributed by atoms with E-state index in [0.717, 1.165) is 19.3 Å². The number of hydrogen-bond donors (Lipinski definition) is 2. The fourth-order valence-electron chi connectivity index (χ4n) is 3.33. The summed E-state index contributed by atoms with van der Waals surface area (Å²) < 4.78 is 6.91. The molecule has 1 aromatic heterocycles. The largest absolute Gasteiger partial charge is 0.385 e. The van der Waals surface area contributed by atoms with E-state index in [1.807, 2.05) is 0 Å². The van der Waals surface area contributed by atoms with Crippen molar-refractivity contribution >= 4 is 29.0 Å². The van der Waals surface area contributed by atoms with E-state index in [-0.39, 0.29) is 16.9 Å². The van der Waals surface area contributed by atoms with Gasteiger partial charge in [-0.1, -0.05) is 6.42 Å². The van der Waals surface area contributed by atoms with Gasteiger partial charge in [0.1, 0.15) is 0 Å². The van der Waals surface area contributed by atoms with Crippen LogP contribution in [-0.2, 0) is 11.8 Å². The molecule has 1 fully saturated rings. The highest BCUT2D eigenvalue weighted by Gasteiger charge is 2.36. The molecule has 1 saturated carbocycles.